The summed E-state index contributed by atoms with van der Waals surface area (Å²) in [6, 6.07) is 7.41. The molecule has 0 bridgehead atoms. The molecule has 1 amide bonds. The first-order chi connectivity index (χ1) is 14.5. The minimum absolute atomic E-state index is 0.166. The Labute approximate surface area is 183 Å². The third kappa shape index (κ3) is 4.41. The van der Waals surface area contributed by atoms with Crippen LogP contribution in [0.2, 0.25) is 5.02 Å². The van der Waals surface area contributed by atoms with E-state index in [1.54, 1.807) is 13.0 Å². The number of fused-ring (bicyclic) bond motifs is 1. The summed E-state index contributed by atoms with van der Waals surface area (Å²) in [7, 11) is 0. The van der Waals surface area contributed by atoms with Gasteiger partial charge in [0.2, 0.25) is 0 Å². The van der Waals surface area contributed by atoms with Gasteiger partial charge in [0.05, 0.1) is 36.3 Å². The zero-order valence-electron chi connectivity index (χ0n) is 16.7. The first-order valence-corrected chi connectivity index (χ1v) is 11.0. The van der Waals surface area contributed by atoms with E-state index in [1.807, 2.05) is 18.2 Å². The van der Waals surface area contributed by atoms with Crippen LogP contribution in [-0.4, -0.2) is 59.8 Å². The van der Waals surface area contributed by atoms with Crippen molar-refractivity contribution in [2.24, 2.45) is 0 Å². The van der Waals surface area contributed by atoms with Crippen molar-refractivity contribution in [3.05, 3.63) is 62.0 Å². The van der Waals surface area contributed by atoms with Crippen LogP contribution in [0.1, 0.15) is 20.8 Å². The van der Waals surface area contributed by atoms with Crippen molar-refractivity contribution in [2.75, 3.05) is 39.4 Å². The van der Waals surface area contributed by atoms with Gasteiger partial charge in [0.25, 0.3) is 11.5 Å². The molecular formula is C21H23ClN4O3S. The summed E-state index contributed by atoms with van der Waals surface area (Å²) >= 11 is 7.48. The fourth-order valence-corrected chi connectivity index (χ4v) is 4.78. The molecule has 3 heterocycles. The van der Waals surface area contributed by atoms with Gasteiger partial charge in [-0.05, 0) is 24.1 Å². The van der Waals surface area contributed by atoms with Gasteiger partial charge in [0, 0.05) is 31.2 Å². The summed E-state index contributed by atoms with van der Waals surface area (Å²) in [4.78, 5) is 33.6. The van der Waals surface area contributed by atoms with Gasteiger partial charge in [-0.1, -0.05) is 29.8 Å². The fourth-order valence-electron chi connectivity index (χ4n) is 3.53. The average molecular weight is 447 g/mol. The molecule has 30 heavy (non-hydrogen) atoms. The van der Waals surface area contributed by atoms with E-state index in [-0.39, 0.29) is 11.5 Å². The molecule has 1 fully saturated rings. The second-order valence-electron chi connectivity index (χ2n) is 7.22. The van der Waals surface area contributed by atoms with Crippen molar-refractivity contribution in [1.29, 1.82) is 0 Å². The minimum atomic E-state index is -0.166. The molecule has 1 aliphatic heterocycles. The number of hydrogen-bond donors (Lipinski definition) is 1. The van der Waals surface area contributed by atoms with Gasteiger partial charge in [-0.15, -0.1) is 11.3 Å². The number of aryl methyl sites for hydroxylation is 1. The highest BCUT2D eigenvalue weighted by Gasteiger charge is 2.20. The lowest BCUT2D eigenvalue weighted by Crippen LogP contribution is -2.41. The van der Waals surface area contributed by atoms with E-state index < -0.39 is 0 Å². The lowest BCUT2D eigenvalue weighted by molar-refractivity contribution is 0.0383. The van der Waals surface area contributed by atoms with E-state index in [2.05, 4.69) is 15.2 Å². The standard InChI is InChI=1S/C21H23ClN4O3S/c1-14-17-20(24-13-26(21(17)28)12-15-4-2-3-5-16(15)22)30-18(14)19(27)23-6-7-25-8-10-29-11-9-25/h2-5,13H,6-12H2,1H3,(H,23,27). The van der Waals surface area contributed by atoms with E-state index in [0.717, 1.165) is 38.4 Å². The number of hydrogen-bond acceptors (Lipinski definition) is 6. The van der Waals surface area contributed by atoms with Gasteiger partial charge >= 0.3 is 0 Å². The summed E-state index contributed by atoms with van der Waals surface area (Å²) in [5.74, 6) is -0.166. The van der Waals surface area contributed by atoms with Gasteiger partial charge < -0.3 is 10.1 Å². The third-order valence-corrected chi connectivity index (χ3v) is 6.81. The zero-order chi connectivity index (χ0) is 21.1. The molecule has 1 aromatic carbocycles. The summed E-state index contributed by atoms with van der Waals surface area (Å²) in [5, 5.41) is 4.06. The Balaban J connectivity index is 1.51. The van der Waals surface area contributed by atoms with Crippen LogP contribution in [-0.2, 0) is 11.3 Å². The number of morpholine rings is 1. The van der Waals surface area contributed by atoms with Gasteiger partial charge in [-0.2, -0.15) is 0 Å². The second-order valence-corrected chi connectivity index (χ2v) is 8.62. The molecule has 4 rings (SSSR count). The summed E-state index contributed by atoms with van der Waals surface area (Å²) in [6.07, 6.45) is 1.52. The smallest absolute Gasteiger partial charge is 0.262 e. The molecule has 2 aromatic heterocycles. The molecular weight excluding hydrogens is 424 g/mol. The molecule has 1 aliphatic rings. The Kier molecular flexibility index (Phi) is 6.48. The van der Waals surface area contributed by atoms with Crippen molar-refractivity contribution in [3.8, 4) is 0 Å². The minimum Gasteiger partial charge on any atom is -0.379 e. The van der Waals surface area contributed by atoms with E-state index in [9.17, 15) is 9.59 Å². The number of aromatic nitrogens is 2. The number of amides is 1. The maximum absolute atomic E-state index is 13.1. The number of halogens is 1. The number of benzene rings is 1. The quantitative estimate of drug-likeness (QED) is 0.629. The Morgan fingerprint density at radius 2 is 2.07 bits per heavy atom. The molecule has 9 heteroatoms. The van der Waals surface area contributed by atoms with Crippen molar-refractivity contribution in [1.82, 2.24) is 19.8 Å². The zero-order valence-corrected chi connectivity index (χ0v) is 18.3. The van der Waals surface area contributed by atoms with Crippen LogP contribution in [0.15, 0.2) is 35.4 Å². The molecule has 1 N–H and O–H groups in total. The first kappa shape index (κ1) is 21.0. The number of ether oxygens (including phenoxy) is 1. The molecule has 0 atom stereocenters. The maximum atomic E-state index is 13.1. The predicted octanol–water partition coefficient (Wildman–Crippen LogP) is 2.53. The van der Waals surface area contributed by atoms with E-state index in [4.69, 9.17) is 16.3 Å². The van der Waals surface area contributed by atoms with Crippen LogP contribution >= 0.6 is 22.9 Å². The SMILES string of the molecule is Cc1c(C(=O)NCCN2CCOCC2)sc2ncn(Cc3ccccc3Cl)c(=O)c12. The second kappa shape index (κ2) is 9.26. The fraction of sp³-hybridized carbons (Fsp3) is 0.381. The highest BCUT2D eigenvalue weighted by molar-refractivity contribution is 7.20. The molecule has 158 valence electrons. The van der Waals surface area contributed by atoms with Crippen LogP contribution in [0.3, 0.4) is 0 Å². The molecule has 0 aliphatic carbocycles. The van der Waals surface area contributed by atoms with Crippen molar-refractivity contribution in [3.63, 3.8) is 0 Å². The van der Waals surface area contributed by atoms with Crippen LogP contribution in [0, 0.1) is 6.92 Å². The molecule has 0 saturated carbocycles. The van der Waals surface area contributed by atoms with Gasteiger partial charge in [-0.25, -0.2) is 4.98 Å². The Morgan fingerprint density at radius 3 is 2.83 bits per heavy atom. The number of nitrogens with zero attached hydrogens (tertiary/aromatic N) is 3. The van der Waals surface area contributed by atoms with E-state index in [1.165, 1.54) is 22.2 Å². The van der Waals surface area contributed by atoms with Crippen LogP contribution in [0.25, 0.3) is 10.2 Å². The number of rotatable bonds is 6. The molecule has 3 aromatic rings. The summed E-state index contributed by atoms with van der Waals surface area (Å²) in [5.41, 5.74) is 1.35. The lowest BCUT2D eigenvalue weighted by Gasteiger charge is -2.26. The Morgan fingerprint density at radius 1 is 1.30 bits per heavy atom. The molecule has 0 radical (unpaired) electrons. The first-order valence-electron chi connectivity index (χ1n) is 9.85. The summed E-state index contributed by atoms with van der Waals surface area (Å²) in [6.45, 7) is 6.69. The van der Waals surface area contributed by atoms with Crippen LogP contribution in [0.5, 0.6) is 0 Å². The number of thiophene rings is 1. The third-order valence-electron chi connectivity index (χ3n) is 5.24. The van der Waals surface area contributed by atoms with Crippen LogP contribution < -0.4 is 10.9 Å². The maximum Gasteiger partial charge on any atom is 0.262 e. The highest BCUT2D eigenvalue weighted by Crippen LogP contribution is 2.27. The average Bonchev–Trinajstić information content (AvgIpc) is 3.09. The molecule has 0 spiro atoms. The number of carbonyl (C=O) groups excluding carboxylic acids is 1. The topological polar surface area (TPSA) is 76.5 Å². The molecule has 7 nitrogen and oxygen atoms in total. The predicted molar refractivity (Wildman–Crippen MR) is 119 cm³/mol. The largest absolute Gasteiger partial charge is 0.379 e. The number of nitrogens with one attached hydrogen (secondary N) is 1. The molecule has 1 saturated heterocycles. The lowest BCUT2D eigenvalue weighted by atomic mass is 10.2. The van der Waals surface area contributed by atoms with Gasteiger partial charge in [0.1, 0.15) is 4.83 Å². The van der Waals surface area contributed by atoms with Gasteiger partial charge in [-0.3, -0.25) is 19.1 Å². The van der Waals surface area contributed by atoms with Crippen LogP contribution in [0.4, 0.5) is 0 Å². The Bertz CT molecular complexity index is 1120. The van der Waals surface area contributed by atoms with E-state index >= 15 is 0 Å². The normalized spacial score (nSPS) is 14.9. The van der Waals surface area contributed by atoms with Gasteiger partial charge in [0.15, 0.2) is 0 Å². The van der Waals surface area contributed by atoms with Crippen molar-refractivity contribution >= 4 is 39.1 Å². The molecule has 0 unspecified atom stereocenters. The number of carbonyl (C=O) groups is 1. The summed E-state index contributed by atoms with van der Waals surface area (Å²) < 4.78 is 6.87. The monoisotopic (exact) mass is 446 g/mol. The Hall–Kier alpha value is -2.26. The van der Waals surface area contributed by atoms with E-state index in [0.29, 0.717) is 38.8 Å². The van der Waals surface area contributed by atoms with Crippen molar-refractivity contribution in [2.45, 2.75) is 13.5 Å². The highest BCUT2D eigenvalue weighted by atomic mass is 35.5. The van der Waals surface area contributed by atoms with Crippen molar-refractivity contribution < 1.29 is 9.53 Å².